The van der Waals surface area contributed by atoms with Gasteiger partial charge in [-0.1, -0.05) is 12.1 Å². The molecule has 0 saturated heterocycles. The molecular weight excluding hydrogens is 246 g/mol. The fourth-order valence-corrected chi connectivity index (χ4v) is 1.81. The Morgan fingerprint density at radius 3 is 2.58 bits per heavy atom. The number of amides is 1. The maximum atomic E-state index is 11.9. The highest BCUT2D eigenvalue weighted by Crippen LogP contribution is 2.20. The molecule has 0 aliphatic carbocycles. The predicted molar refractivity (Wildman–Crippen MR) is 69.5 cm³/mol. The molecule has 2 rings (SSSR count). The zero-order valence-corrected chi connectivity index (χ0v) is 10.6. The molecule has 5 heteroatoms. The van der Waals surface area contributed by atoms with E-state index in [1.165, 1.54) is 6.26 Å². The third kappa shape index (κ3) is 2.65. The standard InChI is InChI=1S/C14H13NO4/c1-8-4-3-5-11(12(8)14(17)18)15-13(16)10-6-9(2)19-7-10/h3-7H,1-2H3,(H,15,16)(H,17,18). The Morgan fingerprint density at radius 1 is 1.26 bits per heavy atom. The fourth-order valence-electron chi connectivity index (χ4n) is 1.81. The van der Waals surface area contributed by atoms with Gasteiger partial charge in [0, 0.05) is 0 Å². The van der Waals surface area contributed by atoms with Crippen molar-refractivity contribution in [3.05, 3.63) is 53.0 Å². The third-order valence-corrected chi connectivity index (χ3v) is 2.73. The second kappa shape index (κ2) is 4.97. The van der Waals surface area contributed by atoms with Crippen LogP contribution in [0, 0.1) is 13.8 Å². The lowest BCUT2D eigenvalue weighted by Gasteiger charge is -2.09. The van der Waals surface area contributed by atoms with Gasteiger partial charge in [0.15, 0.2) is 0 Å². The molecule has 0 atom stereocenters. The van der Waals surface area contributed by atoms with Crippen molar-refractivity contribution < 1.29 is 19.1 Å². The lowest BCUT2D eigenvalue weighted by molar-refractivity contribution is 0.0697. The summed E-state index contributed by atoms with van der Waals surface area (Å²) >= 11 is 0. The minimum absolute atomic E-state index is 0.0936. The van der Waals surface area contributed by atoms with Crippen LogP contribution in [0.15, 0.2) is 34.9 Å². The van der Waals surface area contributed by atoms with Crippen LogP contribution in [0.4, 0.5) is 5.69 Å². The van der Waals surface area contributed by atoms with Crippen molar-refractivity contribution in [3.8, 4) is 0 Å². The van der Waals surface area contributed by atoms with E-state index in [9.17, 15) is 9.59 Å². The lowest BCUT2D eigenvalue weighted by Crippen LogP contribution is -2.15. The van der Waals surface area contributed by atoms with Gasteiger partial charge < -0.3 is 14.8 Å². The van der Waals surface area contributed by atoms with E-state index < -0.39 is 11.9 Å². The van der Waals surface area contributed by atoms with Crippen molar-refractivity contribution in [1.82, 2.24) is 0 Å². The van der Waals surface area contributed by atoms with Gasteiger partial charge in [-0.2, -0.15) is 0 Å². The minimum atomic E-state index is -1.07. The molecule has 1 aromatic heterocycles. The van der Waals surface area contributed by atoms with E-state index in [2.05, 4.69) is 5.32 Å². The molecule has 1 heterocycles. The minimum Gasteiger partial charge on any atom is -0.478 e. The fraction of sp³-hybridized carbons (Fsp3) is 0.143. The number of rotatable bonds is 3. The average molecular weight is 259 g/mol. The van der Waals surface area contributed by atoms with E-state index >= 15 is 0 Å². The number of anilines is 1. The highest BCUT2D eigenvalue weighted by Gasteiger charge is 2.16. The van der Waals surface area contributed by atoms with Crippen LogP contribution < -0.4 is 5.32 Å². The zero-order valence-electron chi connectivity index (χ0n) is 10.6. The molecule has 0 bridgehead atoms. The summed E-state index contributed by atoms with van der Waals surface area (Å²) in [5, 5.41) is 11.7. The summed E-state index contributed by atoms with van der Waals surface area (Å²) < 4.78 is 5.05. The number of carboxylic acid groups (broad SMARTS) is 1. The zero-order chi connectivity index (χ0) is 14.0. The first-order chi connectivity index (χ1) is 8.99. The van der Waals surface area contributed by atoms with Gasteiger partial charge in [0.05, 0.1) is 16.8 Å². The summed E-state index contributed by atoms with van der Waals surface area (Å²) in [6.07, 6.45) is 1.33. The number of aromatic carboxylic acids is 1. The Labute approximate surface area is 109 Å². The number of carbonyl (C=O) groups excluding carboxylic acids is 1. The Hall–Kier alpha value is -2.56. The molecule has 98 valence electrons. The molecule has 1 aromatic carbocycles. The largest absolute Gasteiger partial charge is 0.478 e. The van der Waals surface area contributed by atoms with Crippen LogP contribution in [0.1, 0.15) is 32.0 Å². The van der Waals surface area contributed by atoms with Crippen LogP contribution >= 0.6 is 0 Å². The van der Waals surface area contributed by atoms with E-state index in [0.717, 1.165) is 0 Å². The summed E-state index contributed by atoms with van der Waals surface area (Å²) in [7, 11) is 0. The van der Waals surface area contributed by atoms with Gasteiger partial charge in [-0.25, -0.2) is 4.79 Å². The van der Waals surface area contributed by atoms with Gasteiger partial charge in [-0.05, 0) is 31.5 Å². The normalized spacial score (nSPS) is 10.2. The van der Waals surface area contributed by atoms with E-state index in [1.807, 2.05) is 0 Å². The van der Waals surface area contributed by atoms with E-state index in [0.29, 0.717) is 16.9 Å². The van der Waals surface area contributed by atoms with Crippen LogP contribution in [0.25, 0.3) is 0 Å². The first-order valence-corrected chi connectivity index (χ1v) is 5.68. The summed E-state index contributed by atoms with van der Waals surface area (Å²) in [4.78, 5) is 23.1. The molecule has 5 nitrogen and oxygen atoms in total. The molecular formula is C14H13NO4. The van der Waals surface area contributed by atoms with Crippen molar-refractivity contribution in [1.29, 1.82) is 0 Å². The number of benzene rings is 1. The van der Waals surface area contributed by atoms with Crippen LogP contribution in [-0.4, -0.2) is 17.0 Å². The van der Waals surface area contributed by atoms with Gasteiger partial charge in [0.25, 0.3) is 5.91 Å². The van der Waals surface area contributed by atoms with Gasteiger partial charge in [0.2, 0.25) is 0 Å². The molecule has 0 spiro atoms. The first-order valence-electron chi connectivity index (χ1n) is 5.68. The van der Waals surface area contributed by atoms with Crippen LogP contribution in [0.5, 0.6) is 0 Å². The Bertz CT molecular complexity index is 643. The molecule has 0 aliphatic rings. The Balaban J connectivity index is 2.31. The van der Waals surface area contributed by atoms with Gasteiger partial charge >= 0.3 is 5.97 Å². The van der Waals surface area contributed by atoms with Crippen molar-refractivity contribution in [2.45, 2.75) is 13.8 Å². The van der Waals surface area contributed by atoms with Gasteiger partial charge in [-0.15, -0.1) is 0 Å². The topological polar surface area (TPSA) is 79.5 Å². The number of hydrogen-bond acceptors (Lipinski definition) is 3. The van der Waals surface area contributed by atoms with Crippen molar-refractivity contribution >= 4 is 17.6 Å². The maximum Gasteiger partial charge on any atom is 0.338 e. The molecule has 2 N–H and O–H groups in total. The van der Waals surface area contributed by atoms with Crippen molar-refractivity contribution in [2.75, 3.05) is 5.32 Å². The number of carboxylic acids is 1. The first kappa shape index (κ1) is 12.9. The summed E-state index contributed by atoms with van der Waals surface area (Å²) in [6, 6.07) is 6.52. The number of hydrogen-bond donors (Lipinski definition) is 2. The average Bonchev–Trinajstić information content (AvgIpc) is 2.75. The smallest absolute Gasteiger partial charge is 0.338 e. The molecule has 0 fully saturated rings. The predicted octanol–water partition coefficient (Wildman–Crippen LogP) is 2.85. The Kier molecular flexibility index (Phi) is 3.37. The highest BCUT2D eigenvalue weighted by atomic mass is 16.4. The van der Waals surface area contributed by atoms with E-state index in [4.69, 9.17) is 9.52 Å². The van der Waals surface area contributed by atoms with Crippen molar-refractivity contribution in [3.63, 3.8) is 0 Å². The molecule has 0 saturated carbocycles. The lowest BCUT2D eigenvalue weighted by atomic mass is 10.1. The van der Waals surface area contributed by atoms with Gasteiger partial charge in [0.1, 0.15) is 12.0 Å². The molecule has 0 aliphatic heterocycles. The second-order valence-corrected chi connectivity index (χ2v) is 4.20. The molecule has 19 heavy (non-hydrogen) atoms. The Morgan fingerprint density at radius 2 is 2.00 bits per heavy atom. The van der Waals surface area contributed by atoms with E-state index in [-0.39, 0.29) is 11.3 Å². The number of nitrogens with one attached hydrogen (secondary N) is 1. The molecule has 2 aromatic rings. The summed E-state index contributed by atoms with van der Waals surface area (Å²) in [6.45, 7) is 3.41. The molecule has 0 radical (unpaired) electrons. The van der Waals surface area contributed by atoms with Crippen LogP contribution in [0.3, 0.4) is 0 Å². The monoisotopic (exact) mass is 259 g/mol. The molecule has 0 unspecified atom stereocenters. The van der Waals surface area contributed by atoms with Crippen LogP contribution in [-0.2, 0) is 0 Å². The summed E-state index contributed by atoms with van der Waals surface area (Å²) in [5.41, 5.74) is 1.32. The number of aryl methyl sites for hydroxylation is 2. The van der Waals surface area contributed by atoms with Crippen LogP contribution in [0.2, 0.25) is 0 Å². The number of carbonyl (C=O) groups is 2. The highest BCUT2D eigenvalue weighted by molar-refractivity contribution is 6.08. The molecule has 1 amide bonds. The van der Waals surface area contributed by atoms with Crippen molar-refractivity contribution in [2.24, 2.45) is 0 Å². The second-order valence-electron chi connectivity index (χ2n) is 4.20. The maximum absolute atomic E-state index is 11.9. The van der Waals surface area contributed by atoms with Gasteiger partial charge in [-0.3, -0.25) is 4.79 Å². The van der Waals surface area contributed by atoms with E-state index in [1.54, 1.807) is 38.1 Å². The quantitative estimate of drug-likeness (QED) is 0.888. The summed E-state index contributed by atoms with van der Waals surface area (Å²) in [5.74, 6) is -0.852. The third-order valence-electron chi connectivity index (χ3n) is 2.73. The number of furan rings is 1. The SMILES string of the molecule is Cc1cc(C(=O)Nc2cccc(C)c2C(=O)O)co1.